The van der Waals surface area contributed by atoms with Crippen LogP contribution in [0.15, 0.2) is 0 Å². The first-order valence-electron chi connectivity index (χ1n) is 12.8. The smallest absolute Gasteiger partial charge is 0.195 e. The van der Waals surface area contributed by atoms with Gasteiger partial charge >= 0.3 is 0 Å². The number of unbranched alkanes of at least 4 members (excludes halogenated alkanes) is 12. The average molecular weight is 424 g/mol. The first-order chi connectivity index (χ1) is 14.5. The van der Waals surface area contributed by atoms with E-state index in [2.05, 4.69) is 26.1 Å². The van der Waals surface area contributed by atoms with Crippen LogP contribution in [-0.4, -0.2) is 29.9 Å². The van der Waals surface area contributed by atoms with E-state index in [9.17, 15) is 14.4 Å². The molecule has 0 aromatic heterocycles. The first-order valence-corrected chi connectivity index (χ1v) is 12.8. The lowest BCUT2D eigenvalue weighted by molar-refractivity contribution is -0.144. The van der Waals surface area contributed by atoms with Crippen LogP contribution in [0.1, 0.15) is 136 Å². The van der Waals surface area contributed by atoms with E-state index in [0.717, 1.165) is 77.0 Å². The van der Waals surface area contributed by atoms with Crippen molar-refractivity contribution >= 4 is 17.3 Å². The Balaban J connectivity index is 5.05. The number of nitrogens with one attached hydrogen (secondary N) is 1. The third kappa shape index (κ3) is 10.8. The van der Waals surface area contributed by atoms with Crippen LogP contribution in [0.4, 0.5) is 0 Å². The summed E-state index contributed by atoms with van der Waals surface area (Å²) in [6, 6.07) is 0. The Labute approximate surface area is 186 Å². The lowest BCUT2D eigenvalue weighted by Crippen LogP contribution is -2.62. The van der Waals surface area contributed by atoms with Crippen molar-refractivity contribution in [1.82, 2.24) is 5.32 Å². The highest BCUT2D eigenvalue weighted by molar-refractivity contribution is 6.29. The summed E-state index contributed by atoms with van der Waals surface area (Å²) < 4.78 is 0. The van der Waals surface area contributed by atoms with Gasteiger partial charge in [0.25, 0.3) is 0 Å². The molecule has 0 fully saturated rings. The third-order valence-corrected chi connectivity index (χ3v) is 6.15. The lowest BCUT2D eigenvalue weighted by Gasteiger charge is -2.29. The molecule has 1 N–H and O–H groups in total. The molecule has 0 bridgehead atoms. The van der Waals surface area contributed by atoms with Gasteiger partial charge in [-0.05, 0) is 26.3 Å². The fourth-order valence-electron chi connectivity index (χ4n) is 4.11. The van der Waals surface area contributed by atoms with E-state index >= 15 is 0 Å². The van der Waals surface area contributed by atoms with Crippen molar-refractivity contribution in [3.63, 3.8) is 0 Å². The molecule has 0 aromatic carbocycles. The number of carbonyl (C=O) groups excluding carboxylic acids is 3. The van der Waals surface area contributed by atoms with Gasteiger partial charge in [0.05, 0.1) is 0 Å². The molecule has 0 aliphatic heterocycles. The molecule has 0 spiro atoms. The fraction of sp³-hybridized carbons (Fsp3) is 0.885. The van der Waals surface area contributed by atoms with Crippen LogP contribution in [0.3, 0.4) is 0 Å². The number of Topliss-reactive ketones (excluding diaryl/α,β-unsaturated/α-hetero) is 3. The van der Waals surface area contributed by atoms with Crippen molar-refractivity contribution < 1.29 is 14.4 Å². The summed E-state index contributed by atoms with van der Waals surface area (Å²) in [6.45, 7) is 6.49. The molecular weight excluding hydrogens is 374 g/mol. The van der Waals surface area contributed by atoms with E-state index < -0.39 is 5.54 Å². The standard InChI is InChI=1S/C26H49NO3/c1-5-8-11-14-17-20-23(28)26(27-4,24(29)21-18-15-12-9-6-2)25(30)22-19-16-13-10-7-3/h27H,5-22H2,1-4H3. The Hall–Kier alpha value is -1.03. The minimum atomic E-state index is -1.61. The number of hydrogen-bond acceptors (Lipinski definition) is 4. The minimum Gasteiger partial charge on any atom is -0.297 e. The van der Waals surface area contributed by atoms with Gasteiger partial charge in [-0.25, -0.2) is 0 Å². The van der Waals surface area contributed by atoms with Crippen LogP contribution >= 0.6 is 0 Å². The van der Waals surface area contributed by atoms with E-state index in [1.54, 1.807) is 7.05 Å². The van der Waals surface area contributed by atoms with E-state index in [1.807, 2.05) is 0 Å². The van der Waals surface area contributed by atoms with Gasteiger partial charge in [0.15, 0.2) is 22.9 Å². The summed E-state index contributed by atoms with van der Waals surface area (Å²) in [5.41, 5.74) is -1.61. The number of hydrogen-bond donors (Lipinski definition) is 1. The fourth-order valence-corrected chi connectivity index (χ4v) is 4.11. The predicted octanol–water partition coefficient (Wildman–Crippen LogP) is 6.73. The van der Waals surface area contributed by atoms with E-state index in [4.69, 9.17) is 0 Å². The maximum absolute atomic E-state index is 13.2. The molecule has 0 saturated heterocycles. The normalized spacial score (nSPS) is 11.6. The molecule has 4 nitrogen and oxygen atoms in total. The molecule has 0 aliphatic carbocycles. The Bertz CT molecular complexity index is 408. The maximum atomic E-state index is 13.2. The van der Waals surface area contributed by atoms with Gasteiger partial charge in [-0.3, -0.25) is 19.7 Å². The highest BCUT2D eigenvalue weighted by Crippen LogP contribution is 2.22. The molecular formula is C26H49NO3. The lowest BCUT2D eigenvalue weighted by atomic mass is 9.78. The molecule has 0 saturated carbocycles. The molecule has 176 valence electrons. The van der Waals surface area contributed by atoms with Crippen LogP contribution in [0.25, 0.3) is 0 Å². The van der Waals surface area contributed by atoms with E-state index in [0.29, 0.717) is 19.3 Å². The van der Waals surface area contributed by atoms with Crippen molar-refractivity contribution in [2.75, 3.05) is 7.05 Å². The zero-order valence-electron chi connectivity index (χ0n) is 20.5. The summed E-state index contributed by atoms with van der Waals surface area (Å²) in [6.07, 6.45) is 16.4. The monoisotopic (exact) mass is 423 g/mol. The van der Waals surface area contributed by atoms with Crippen molar-refractivity contribution in [3.8, 4) is 0 Å². The van der Waals surface area contributed by atoms with Gasteiger partial charge in [0.1, 0.15) is 0 Å². The van der Waals surface area contributed by atoms with Gasteiger partial charge in [0, 0.05) is 19.3 Å². The highest BCUT2D eigenvalue weighted by atomic mass is 16.2. The quantitative estimate of drug-likeness (QED) is 0.155. The van der Waals surface area contributed by atoms with Crippen molar-refractivity contribution in [1.29, 1.82) is 0 Å². The van der Waals surface area contributed by atoms with Crippen LogP contribution in [0.2, 0.25) is 0 Å². The number of carbonyl (C=O) groups is 3. The molecule has 0 atom stereocenters. The molecule has 0 amide bonds. The van der Waals surface area contributed by atoms with Crippen molar-refractivity contribution in [2.45, 2.75) is 142 Å². The second-order valence-electron chi connectivity index (χ2n) is 8.76. The topological polar surface area (TPSA) is 63.2 Å². The van der Waals surface area contributed by atoms with Crippen molar-refractivity contribution in [3.05, 3.63) is 0 Å². The van der Waals surface area contributed by atoms with E-state index in [-0.39, 0.29) is 17.3 Å². The minimum absolute atomic E-state index is 0.210. The second kappa shape index (κ2) is 18.7. The molecule has 0 unspecified atom stereocenters. The summed E-state index contributed by atoms with van der Waals surface area (Å²) >= 11 is 0. The predicted molar refractivity (Wildman–Crippen MR) is 127 cm³/mol. The second-order valence-corrected chi connectivity index (χ2v) is 8.76. The summed E-state index contributed by atoms with van der Waals surface area (Å²) in [5.74, 6) is -0.629. The molecule has 30 heavy (non-hydrogen) atoms. The van der Waals surface area contributed by atoms with Crippen LogP contribution < -0.4 is 5.32 Å². The summed E-state index contributed by atoms with van der Waals surface area (Å²) in [4.78, 5) is 39.5. The Morgan fingerprint density at radius 3 is 1.00 bits per heavy atom. The Kier molecular flexibility index (Phi) is 18.1. The van der Waals surface area contributed by atoms with Gasteiger partial charge in [-0.1, -0.05) is 97.8 Å². The maximum Gasteiger partial charge on any atom is 0.195 e. The number of ketones is 3. The van der Waals surface area contributed by atoms with E-state index in [1.165, 1.54) is 19.3 Å². The Morgan fingerprint density at radius 2 is 0.767 bits per heavy atom. The van der Waals surface area contributed by atoms with Gasteiger partial charge in [0.2, 0.25) is 0 Å². The van der Waals surface area contributed by atoms with Gasteiger partial charge in [-0.15, -0.1) is 0 Å². The SMILES string of the molecule is CCCCCCCC(=O)C(NC)(C(=O)CCCCCCC)C(=O)CCCCCCC. The van der Waals surface area contributed by atoms with Crippen LogP contribution in [0.5, 0.6) is 0 Å². The molecule has 4 heteroatoms. The zero-order chi connectivity index (χ0) is 22.7. The Morgan fingerprint density at radius 1 is 0.500 bits per heavy atom. The number of likely N-dealkylation sites (N-methyl/N-ethyl adjacent to an activating group) is 1. The molecule has 0 radical (unpaired) electrons. The molecule has 0 rings (SSSR count). The third-order valence-electron chi connectivity index (χ3n) is 6.15. The van der Waals surface area contributed by atoms with Crippen LogP contribution in [-0.2, 0) is 14.4 Å². The highest BCUT2D eigenvalue weighted by Gasteiger charge is 2.48. The molecule has 0 heterocycles. The molecule has 0 aliphatic rings. The average Bonchev–Trinajstić information content (AvgIpc) is 2.74. The number of rotatable bonds is 22. The van der Waals surface area contributed by atoms with Crippen molar-refractivity contribution in [2.24, 2.45) is 0 Å². The van der Waals surface area contributed by atoms with Gasteiger partial charge in [-0.2, -0.15) is 0 Å². The molecule has 0 aromatic rings. The van der Waals surface area contributed by atoms with Crippen LogP contribution in [0, 0.1) is 0 Å². The zero-order valence-corrected chi connectivity index (χ0v) is 20.5. The summed E-state index contributed by atoms with van der Waals surface area (Å²) in [5, 5.41) is 2.92. The first kappa shape index (κ1) is 29.0. The van der Waals surface area contributed by atoms with Gasteiger partial charge < -0.3 is 0 Å². The largest absolute Gasteiger partial charge is 0.297 e. The summed E-state index contributed by atoms with van der Waals surface area (Å²) in [7, 11) is 1.61.